The quantitative estimate of drug-likeness (QED) is 0.661. The Balaban J connectivity index is 2.41. The third kappa shape index (κ3) is 3.53. The summed E-state index contributed by atoms with van der Waals surface area (Å²) in [6, 6.07) is 3.85. The highest BCUT2D eigenvalue weighted by Crippen LogP contribution is 2.00. The summed E-state index contributed by atoms with van der Waals surface area (Å²) in [7, 11) is 3.26. The zero-order valence-electron chi connectivity index (χ0n) is 8.43. The van der Waals surface area contributed by atoms with Gasteiger partial charge in [0.2, 0.25) is 0 Å². The van der Waals surface area contributed by atoms with Crippen LogP contribution in [0.15, 0.2) is 24.5 Å². The van der Waals surface area contributed by atoms with Crippen LogP contribution < -0.4 is 0 Å². The first kappa shape index (κ1) is 10.7. The molecular weight excluding hydrogens is 180 g/mol. The van der Waals surface area contributed by atoms with Crippen LogP contribution in [0.4, 0.5) is 0 Å². The average Bonchev–Trinajstić information content (AvgIpc) is 2.19. The van der Waals surface area contributed by atoms with Crippen LogP contribution in [0.1, 0.15) is 5.56 Å². The standard InChI is InChI=1S/C10H14N2O2/c1-12(8-10(13)14-2)7-9-3-5-11-6-4-9/h3-6H,7-8H2,1-2H3. The fourth-order valence-corrected chi connectivity index (χ4v) is 1.14. The van der Waals surface area contributed by atoms with Gasteiger partial charge in [-0.05, 0) is 24.7 Å². The SMILES string of the molecule is COC(=O)CN(C)Cc1ccncc1. The number of rotatable bonds is 4. The molecule has 0 N–H and O–H groups in total. The Kier molecular flexibility index (Phi) is 4.07. The van der Waals surface area contributed by atoms with Gasteiger partial charge in [0.15, 0.2) is 0 Å². The van der Waals surface area contributed by atoms with E-state index in [9.17, 15) is 4.79 Å². The predicted octanol–water partition coefficient (Wildman–Crippen LogP) is 0.686. The second-order valence-corrected chi connectivity index (χ2v) is 3.10. The largest absolute Gasteiger partial charge is 0.468 e. The van der Waals surface area contributed by atoms with Crippen molar-refractivity contribution in [2.24, 2.45) is 0 Å². The van der Waals surface area contributed by atoms with Gasteiger partial charge in [-0.15, -0.1) is 0 Å². The molecule has 1 aromatic rings. The number of carbonyl (C=O) groups excluding carboxylic acids is 1. The number of esters is 1. The van der Waals surface area contributed by atoms with Gasteiger partial charge in [-0.25, -0.2) is 0 Å². The molecule has 0 radical (unpaired) electrons. The summed E-state index contributed by atoms with van der Waals surface area (Å²) in [6.07, 6.45) is 3.47. The third-order valence-electron chi connectivity index (χ3n) is 1.83. The molecule has 0 aliphatic heterocycles. The van der Waals surface area contributed by atoms with Gasteiger partial charge < -0.3 is 4.74 Å². The van der Waals surface area contributed by atoms with Crippen molar-refractivity contribution in [3.05, 3.63) is 30.1 Å². The minimum atomic E-state index is -0.221. The number of hydrogen-bond donors (Lipinski definition) is 0. The number of carbonyl (C=O) groups is 1. The van der Waals surface area contributed by atoms with E-state index in [1.54, 1.807) is 12.4 Å². The lowest BCUT2D eigenvalue weighted by Gasteiger charge is -2.14. The lowest BCUT2D eigenvalue weighted by Crippen LogP contribution is -2.26. The fourth-order valence-electron chi connectivity index (χ4n) is 1.14. The molecule has 4 heteroatoms. The van der Waals surface area contributed by atoms with Crippen molar-refractivity contribution < 1.29 is 9.53 Å². The predicted molar refractivity (Wildman–Crippen MR) is 52.6 cm³/mol. The second-order valence-electron chi connectivity index (χ2n) is 3.10. The Morgan fingerprint density at radius 3 is 2.71 bits per heavy atom. The number of likely N-dealkylation sites (N-methyl/N-ethyl adjacent to an activating group) is 1. The van der Waals surface area contributed by atoms with Gasteiger partial charge in [-0.1, -0.05) is 0 Å². The van der Waals surface area contributed by atoms with E-state index in [0.717, 1.165) is 12.1 Å². The molecule has 0 aliphatic rings. The number of ether oxygens (including phenoxy) is 1. The van der Waals surface area contributed by atoms with E-state index in [0.29, 0.717) is 6.54 Å². The highest BCUT2D eigenvalue weighted by atomic mass is 16.5. The number of methoxy groups -OCH3 is 1. The third-order valence-corrected chi connectivity index (χ3v) is 1.83. The molecule has 0 fully saturated rings. The summed E-state index contributed by atoms with van der Waals surface area (Å²) in [6.45, 7) is 1.02. The van der Waals surface area contributed by atoms with E-state index < -0.39 is 0 Å². The molecule has 0 atom stereocenters. The molecule has 1 rings (SSSR count). The van der Waals surface area contributed by atoms with E-state index in [1.807, 2.05) is 24.1 Å². The number of hydrogen-bond acceptors (Lipinski definition) is 4. The van der Waals surface area contributed by atoms with E-state index >= 15 is 0 Å². The summed E-state index contributed by atoms with van der Waals surface area (Å²) < 4.78 is 4.57. The van der Waals surface area contributed by atoms with Crippen molar-refractivity contribution in [3.63, 3.8) is 0 Å². The molecule has 14 heavy (non-hydrogen) atoms. The molecule has 0 saturated carbocycles. The maximum absolute atomic E-state index is 10.9. The normalized spacial score (nSPS) is 10.2. The van der Waals surface area contributed by atoms with Crippen LogP contribution in [0.2, 0.25) is 0 Å². The van der Waals surface area contributed by atoms with Crippen LogP contribution >= 0.6 is 0 Å². The van der Waals surface area contributed by atoms with Gasteiger partial charge in [0.05, 0.1) is 13.7 Å². The summed E-state index contributed by atoms with van der Waals surface area (Å²) in [5.41, 5.74) is 1.13. The van der Waals surface area contributed by atoms with Crippen LogP contribution in [-0.2, 0) is 16.1 Å². The highest BCUT2D eigenvalue weighted by molar-refractivity contribution is 5.71. The monoisotopic (exact) mass is 194 g/mol. The van der Waals surface area contributed by atoms with Crippen LogP contribution in [0.5, 0.6) is 0 Å². The Morgan fingerprint density at radius 2 is 2.14 bits per heavy atom. The Morgan fingerprint density at radius 1 is 1.50 bits per heavy atom. The molecule has 0 amide bonds. The molecule has 0 unspecified atom stereocenters. The van der Waals surface area contributed by atoms with E-state index in [4.69, 9.17) is 0 Å². The van der Waals surface area contributed by atoms with Gasteiger partial charge in [0.25, 0.3) is 0 Å². The Labute approximate surface area is 83.5 Å². The number of pyridine rings is 1. The molecule has 4 nitrogen and oxygen atoms in total. The molecule has 0 bridgehead atoms. The first-order chi connectivity index (χ1) is 6.72. The summed E-state index contributed by atoms with van der Waals surface area (Å²) in [4.78, 5) is 16.7. The van der Waals surface area contributed by atoms with E-state index in [2.05, 4.69) is 9.72 Å². The highest BCUT2D eigenvalue weighted by Gasteiger charge is 2.05. The summed E-state index contributed by atoms with van der Waals surface area (Å²) >= 11 is 0. The second kappa shape index (κ2) is 5.34. The van der Waals surface area contributed by atoms with E-state index in [-0.39, 0.29) is 5.97 Å². The topological polar surface area (TPSA) is 42.4 Å². The molecule has 1 aromatic heterocycles. The lowest BCUT2D eigenvalue weighted by atomic mass is 10.2. The fraction of sp³-hybridized carbons (Fsp3) is 0.400. The summed E-state index contributed by atoms with van der Waals surface area (Å²) in [5, 5.41) is 0. The minimum absolute atomic E-state index is 0.221. The number of nitrogens with zero attached hydrogens (tertiary/aromatic N) is 2. The first-order valence-corrected chi connectivity index (χ1v) is 4.36. The van der Waals surface area contributed by atoms with Crippen LogP contribution in [0, 0.1) is 0 Å². The average molecular weight is 194 g/mol. The van der Waals surface area contributed by atoms with Crippen molar-refractivity contribution in [2.75, 3.05) is 20.7 Å². The molecule has 0 spiro atoms. The molecule has 1 heterocycles. The van der Waals surface area contributed by atoms with Gasteiger partial charge in [-0.2, -0.15) is 0 Å². The molecule has 0 aliphatic carbocycles. The minimum Gasteiger partial charge on any atom is -0.468 e. The van der Waals surface area contributed by atoms with Crippen molar-refractivity contribution in [1.29, 1.82) is 0 Å². The lowest BCUT2D eigenvalue weighted by molar-refractivity contribution is -0.141. The van der Waals surface area contributed by atoms with Crippen molar-refractivity contribution in [1.82, 2.24) is 9.88 Å². The van der Waals surface area contributed by atoms with Crippen LogP contribution in [0.3, 0.4) is 0 Å². The molecular formula is C10H14N2O2. The zero-order chi connectivity index (χ0) is 10.4. The molecule has 0 saturated heterocycles. The summed E-state index contributed by atoms with van der Waals surface area (Å²) in [5.74, 6) is -0.221. The van der Waals surface area contributed by atoms with Crippen LogP contribution in [-0.4, -0.2) is 36.6 Å². The van der Waals surface area contributed by atoms with Gasteiger partial charge >= 0.3 is 5.97 Å². The van der Waals surface area contributed by atoms with Crippen molar-refractivity contribution >= 4 is 5.97 Å². The zero-order valence-corrected chi connectivity index (χ0v) is 8.43. The Hall–Kier alpha value is -1.42. The molecule has 76 valence electrons. The number of aromatic nitrogens is 1. The van der Waals surface area contributed by atoms with Gasteiger partial charge in [0, 0.05) is 18.9 Å². The van der Waals surface area contributed by atoms with Gasteiger partial charge in [-0.3, -0.25) is 14.7 Å². The smallest absolute Gasteiger partial charge is 0.319 e. The Bertz CT molecular complexity index is 287. The van der Waals surface area contributed by atoms with Crippen LogP contribution in [0.25, 0.3) is 0 Å². The van der Waals surface area contributed by atoms with Gasteiger partial charge in [0.1, 0.15) is 0 Å². The first-order valence-electron chi connectivity index (χ1n) is 4.36. The van der Waals surface area contributed by atoms with E-state index in [1.165, 1.54) is 7.11 Å². The maximum atomic E-state index is 10.9. The van der Waals surface area contributed by atoms with Crippen molar-refractivity contribution in [3.8, 4) is 0 Å². The maximum Gasteiger partial charge on any atom is 0.319 e. The van der Waals surface area contributed by atoms with Crippen molar-refractivity contribution in [2.45, 2.75) is 6.54 Å². The molecule has 0 aromatic carbocycles.